The van der Waals surface area contributed by atoms with E-state index in [-0.39, 0.29) is 18.0 Å². The molecule has 1 heterocycles. The highest BCUT2D eigenvalue weighted by Gasteiger charge is 2.30. The van der Waals surface area contributed by atoms with Crippen molar-refractivity contribution in [3.05, 3.63) is 0 Å². The number of carbonyl (C=O) groups excluding carboxylic acids is 1. The lowest BCUT2D eigenvalue weighted by Gasteiger charge is -2.38. The predicted molar refractivity (Wildman–Crippen MR) is 53.2 cm³/mol. The second kappa shape index (κ2) is 4.09. The Morgan fingerprint density at radius 3 is 2.77 bits per heavy atom. The molecule has 2 atom stereocenters. The lowest BCUT2D eigenvalue weighted by Crippen LogP contribution is -2.53. The number of rotatable bonds is 2. The highest BCUT2D eigenvalue weighted by Crippen LogP contribution is 2.18. The summed E-state index contributed by atoms with van der Waals surface area (Å²) in [5, 5.41) is 0. The zero-order valence-corrected chi connectivity index (χ0v) is 8.79. The third kappa shape index (κ3) is 2.44. The van der Waals surface area contributed by atoms with Gasteiger partial charge in [-0.2, -0.15) is 0 Å². The Balaban J connectivity index is 2.61. The Morgan fingerprint density at radius 2 is 2.23 bits per heavy atom. The lowest BCUT2D eigenvalue weighted by atomic mass is 9.97. The maximum atomic E-state index is 11.6. The second-order valence-corrected chi connectivity index (χ2v) is 4.38. The largest absolute Gasteiger partial charge is 0.338 e. The van der Waals surface area contributed by atoms with Gasteiger partial charge in [0.25, 0.3) is 0 Å². The summed E-state index contributed by atoms with van der Waals surface area (Å²) >= 11 is 0. The first-order valence-corrected chi connectivity index (χ1v) is 5.07. The quantitative estimate of drug-likeness (QED) is 0.695. The molecule has 3 heteroatoms. The number of nitrogens with zero attached hydrogens (tertiary/aromatic N) is 1. The number of piperidine rings is 1. The van der Waals surface area contributed by atoms with Crippen molar-refractivity contribution in [2.75, 3.05) is 6.54 Å². The van der Waals surface area contributed by atoms with E-state index in [4.69, 9.17) is 5.73 Å². The highest BCUT2D eigenvalue weighted by atomic mass is 16.2. The Hall–Kier alpha value is -0.570. The molecule has 0 spiro atoms. The first-order chi connectivity index (χ1) is 6.02. The molecule has 0 radical (unpaired) electrons. The molecule has 2 unspecified atom stereocenters. The molecule has 1 aliphatic heterocycles. The predicted octanol–water partition coefficient (Wildman–Crippen LogP) is 0.981. The molecule has 0 aromatic rings. The number of carbonyl (C=O) groups is 1. The number of hydrogen-bond donors (Lipinski definition) is 1. The van der Waals surface area contributed by atoms with Crippen LogP contribution >= 0.6 is 0 Å². The fraction of sp³-hybridized carbons (Fsp3) is 0.900. The lowest BCUT2D eigenvalue weighted by molar-refractivity contribution is -0.137. The molecular formula is C10H20N2O. The van der Waals surface area contributed by atoms with E-state index in [0.29, 0.717) is 12.3 Å². The summed E-state index contributed by atoms with van der Waals surface area (Å²) in [7, 11) is 0. The van der Waals surface area contributed by atoms with Crippen molar-refractivity contribution in [3.8, 4) is 0 Å². The van der Waals surface area contributed by atoms with Gasteiger partial charge in [0.15, 0.2) is 0 Å². The van der Waals surface area contributed by atoms with Crippen molar-refractivity contribution in [2.45, 2.75) is 45.7 Å². The SMILES string of the molecule is CC(C)CN1C(=O)CCC(N)C1C. The Morgan fingerprint density at radius 1 is 1.62 bits per heavy atom. The van der Waals surface area contributed by atoms with E-state index in [1.54, 1.807) is 0 Å². The zero-order valence-electron chi connectivity index (χ0n) is 8.79. The number of amides is 1. The number of likely N-dealkylation sites (tertiary alicyclic amines) is 1. The van der Waals surface area contributed by atoms with Gasteiger partial charge in [0.05, 0.1) is 0 Å². The van der Waals surface area contributed by atoms with Crippen LogP contribution in [0.4, 0.5) is 0 Å². The van der Waals surface area contributed by atoms with Gasteiger partial charge >= 0.3 is 0 Å². The molecule has 2 N–H and O–H groups in total. The van der Waals surface area contributed by atoms with Gasteiger partial charge < -0.3 is 10.6 Å². The van der Waals surface area contributed by atoms with Crippen LogP contribution < -0.4 is 5.73 Å². The molecule has 0 saturated carbocycles. The summed E-state index contributed by atoms with van der Waals surface area (Å²) in [6.07, 6.45) is 1.47. The minimum Gasteiger partial charge on any atom is -0.338 e. The molecule has 0 bridgehead atoms. The molecule has 13 heavy (non-hydrogen) atoms. The van der Waals surface area contributed by atoms with Crippen molar-refractivity contribution in [1.82, 2.24) is 4.90 Å². The summed E-state index contributed by atoms with van der Waals surface area (Å²) in [6, 6.07) is 0.375. The van der Waals surface area contributed by atoms with Crippen LogP contribution in [0.2, 0.25) is 0 Å². The van der Waals surface area contributed by atoms with Crippen LogP contribution in [0.1, 0.15) is 33.6 Å². The highest BCUT2D eigenvalue weighted by molar-refractivity contribution is 5.77. The van der Waals surface area contributed by atoms with Gasteiger partial charge in [-0.25, -0.2) is 0 Å². The third-order valence-corrected chi connectivity index (χ3v) is 2.68. The molecule has 1 amide bonds. The van der Waals surface area contributed by atoms with Crippen molar-refractivity contribution < 1.29 is 4.79 Å². The maximum absolute atomic E-state index is 11.6. The first kappa shape index (κ1) is 10.5. The number of nitrogens with two attached hydrogens (primary N) is 1. The first-order valence-electron chi connectivity index (χ1n) is 5.07. The molecule has 76 valence electrons. The fourth-order valence-electron chi connectivity index (χ4n) is 1.79. The molecule has 1 rings (SSSR count). The molecule has 1 saturated heterocycles. The normalized spacial score (nSPS) is 29.9. The average Bonchev–Trinajstić information content (AvgIpc) is 2.05. The molecular weight excluding hydrogens is 164 g/mol. The van der Waals surface area contributed by atoms with E-state index in [2.05, 4.69) is 13.8 Å². The van der Waals surface area contributed by atoms with Crippen molar-refractivity contribution in [2.24, 2.45) is 11.7 Å². The van der Waals surface area contributed by atoms with Gasteiger partial charge in [-0.05, 0) is 19.3 Å². The zero-order chi connectivity index (χ0) is 10.0. The fourth-order valence-corrected chi connectivity index (χ4v) is 1.79. The van der Waals surface area contributed by atoms with Crippen LogP contribution in [0.5, 0.6) is 0 Å². The second-order valence-electron chi connectivity index (χ2n) is 4.38. The van der Waals surface area contributed by atoms with Gasteiger partial charge in [-0.3, -0.25) is 4.79 Å². The number of hydrogen-bond acceptors (Lipinski definition) is 2. The Bertz CT molecular complexity index is 191. The van der Waals surface area contributed by atoms with Crippen LogP contribution in [0.15, 0.2) is 0 Å². The molecule has 1 aliphatic rings. The van der Waals surface area contributed by atoms with E-state index in [1.165, 1.54) is 0 Å². The van der Waals surface area contributed by atoms with E-state index >= 15 is 0 Å². The van der Waals surface area contributed by atoms with Crippen LogP contribution in [-0.4, -0.2) is 29.4 Å². The van der Waals surface area contributed by atoms with Crippen molar-refractivity contribution in [3.63, 3.8) is 0 Å². The van der Waals surface area contributed by atoms with Gasteiger partial charge in [0.1, 0.15) is 0 Å². The summed E-state index contributed by atoms with van der Waals surface area (Å²) in [6.45, 7) is 7.14. The van der Waals surface area contributed by atoms with Gasteiger partial charge in [-0.1, -0.05) is 13.8 Å². The minimum atomic E-state index is 0.163. The van der Waals surface area contributed by atoms with Crippen LogP contribution in [0.25, 0.3) is 0 Å². The smallest absolute Gasteiger partial charge is 0.222 e. The minimum absolute atomic E-state index is 0.163. The Labute approximate surface area is 80.3 Å². The third-order valence-electron chi connectivity index (χ3n) is 2.68. The standard InChI is InChI=1S/C10H20N2O/c1-7(2)6-12-8(3)9(11)4-5-10(12)13/h7-9H,4-6,11H2,1-3H3. The van der Waals surface area contributed by atoms with E-state index in [1.807, 2.05) is 11.8 Å². The van der Waals surface area contributed by atoms with E-state index in [0.717, 1.165) is 13.0 Å². The Kier molecular flexibility index (Phi) is 3.31. The van der Waals surface area contributed by atoms with Crippen LogP contribution in [0, 0.1) is 5.92 Å². The average molecular weight is 184 g/mol. The monoisotopic (exact) mass is 184 g/mol. The topological polar surface area (TPSA) is 46.3 Å². The maximum Gasteiger partial charge on any atom is 0.222 e. The summed E-state index contributed by atoms with van der Waals surface area (Å²) < 4.78 is 0. The van der Waals surface area contributed by atoms with Crippen molar-refractivity contribution >= 4 is 5.91 Å². The van der Waals surface area contributed by atoms with Crippen LogP contribution in [0.3, 0.4) is 0 Å². The van der Waals surface area contributed by atoms with Crippen molar-refractivity contribution in [1.29, 1.82) is 0 Å². The molecule has 0 aromatic carbocycles. The summed E-state index contributed by atoms with van der Waals surface area (Å²) in [4.78, 5) is 13.5. The summed E-state index contributed by atoms with van der Waals surface area (Å²) in [5.41, 5.74) is 5.91. The molecule has 1 fully saturated rings. The van der Waals surface area contributed by atoms with Gasteiger partial charge in [-0.15, -0.1) is 0 Å². The van der Waals surface area contributed by atoms with Crippen LogP contribution in [-0.2, 0) is 4.79 Å². The molecule has 0 aliphatic carbocycles. The molecule has 0 aromatic heterocycles. The summed E-state index contributed by atoms with van der Waals surface area (Å²) in [5.74, 6) is 0.791. The van der Waals surface area contributed by atoms with Gasteiger partial charge in [0.2, 0.25) is 5.91 Å². The van der Waals surface area contributed by atoms with Gasteiger partial charge in [0, 0.05) is 25.0 Å². The molecule has 3 nitrogen and oxygen atoms in total. The van der Waals surface area contributed by atoms with E-state index < -0.39 is 0 Å². The van der Waals surface area contributed by atoms with E-state index in [9.17, 15) is 4.79 Å².